The molecule has 1 fully saturated rings. The maximum atomic E-state index is 11.2. The Labute approximate surface area is 113 Å². The van der Waals surface area contributed by atoms with Crippen LogP contribution in [0, 0.1) is 11.3 Å². The van der Waals surface area contributed by atoms with E-state index < -0.39 is 10.0 Å². The van der Waals surface area contributed by atoms with E-state index >= 15 is 0 Å². The number of rotatable bonds is 3. The number of nitriles is 1. The van der Waals surface area contributed by atoms with Gasteiger partial charge in [0.2, 0.25) is 10.0 Å². The fourth-order valence-corrected chi connectivity index (χ4v) is 3.02. The molecule has 1 aliphatic rings. The van der Waals surface area contributed by atoms with Crippen molar-refractivity contribution >= 4 is 15.8 Å². The number of piperidine rings is 1. The second-order valence-corrected chi connectivity index (χ2v) is 6.47. The lowest BCUT2D eigenvalue weighted by molar-refractivity contribution is 0.465. The normalized spacial score (nSPS) is 20.0. The molecule has 2 rings (SSSR count). The zero-order valence-electron chi connectivity index (χ0n) is 10.7. The Balaban J connectivity index is 2.06. The van der Waals surface area contributed by atoms with Gasteiger partial charge >= 0.3 is 0 Å². The lowest BCUT2D eigenvalue weighted by Crippen LogP contribution is -2.47. The highest BCUT2D eigenvalue weighted by molar-refractivity contribution is 7.88. The third-order valence-electron chi connectivity index (χ3n) is 3.00. The molecule has 1 aliphatic heterocycles. The van der Waals surface area contributed by atoms with Gasteiger partial charge in [-0.2, -0.15) is 5.26 Å². The predicted molar refractivity (Wildman–Crippen MR) is 72.2 cm³/mol. The third kappa shape index (κ3) is 3.91. The third-order valence-corrected chi connectivity index (χ3v) is 3.76. The van der Waals surface area contributed by atoms with Gasteiger partial charge in [0.1, 0.15) is 11.9 Å². The number of aromatic nitrogens is 1. The van der Waals surface area contributed by atoms with E-state index in [4.69, 9.17) is 5.26 Å². The van der Waals surface area contributed by atoms with Crippen LogP contribution in [0.4, 0.5) is 5.82 Å². The lowest BCUT2D eigenvalue weighted by Gasteiger charge is -2.33. The van der Waals surface area contributed by atoms with Gasteiger partial charge in [0, 0.05) is 25.3 Å². The summed E-state index contributed by atoms with van der Waals surface area (Å²) in [5.74, 6) is 0.777. The summed E-state index contributed by atoms with van der Waals surface area (Å²) >= 11 is 0. The smallest absolute Gasteiger partial charge is 0.209 e. The summed E-state index contributed by atoms with van der Waals surface area (Å²) in [4.78, 5) is 6.27. The number of pyridine rings is 1. The molecule has 1 aromatic heterocycles. The van der Waals surface area contributed by atoms with Crippen molar-refractivity contribution in [3.8, 4) is 6.07 Å². The molecule has 0 bridgehead atoms. The van der Waals surface area contributed by atoms with Crippen molar-refractivity contribution in [1.82, 2.24) is 9.71 Å². The number of anilines is 1. The molecule has 7 heteroatoms. The highest BCUT2D eigenvalue weighted by Gasteiger charge is 2.23. The van der Waals surface area contributed by atoms with E-state index in [1.165, 1.54) is 12.5 Å². The van der Waals surface area contributed by atoms with Gasteiger partial charge in [0.15, 0.2) is 0 Å². The maximum Gasteiger partial charge on any atom is 0.209 e. The average molecular weight is 280 g/mol. The van der Waals surface area contributed by atoms with Crippen molar-refractivity contribution in [2.75, 3.05) is 24.2 Å². The van der Waals surface area contributed by atoms with Crippen LogP contribution in [0.15, 0.2) is 18.3 Å². The summed E-state index contributed by atoms with van der Waals surface area (Å²) in [6.45, 7) is 1.45. The van der Waals surface area contributed by atoms with Crippen LogP contribution in [-0.4, -0.2) is 38.8 Å². The van der Waals surface area contributed by atoms with Gasteiger partial charge in [-0.1, -0.05) is 0 Å². The van der Waals surface area contributed by atoms with Crippen LogP contribution in [0.5, 0.6) is 0 Å². The Morgan fingerprint density at radius 3 is 2.89 bits per heavy atom. The first kappa shape index (κ1) is 13.8. The molecular weight excluding hydrogens is 264 g/mol. The zero-order chi connectivity index (χ0) is 13.9. The molecular formula is C12H16N4O2S. The standard InChI is InChI=1S/C12H16N4O2S/c1-19(17,18)15-11-3-2-6-16(9-11)12-5-4-10(7-13)8-14-12/h4-5,8,11,15H,2-3,6,9H2,1H3/t11-/m0/s1. The number of hydrogen-bond acceptors (Lipinski definition) is 5. The fourth-order valence-electron chi connectivity index (χ4n) is 2.22. The van der Waals surface area contributed by atoms with E-state index in [0.717, 1.165) is 25.2 Å². The minimum absolute atomic E-state index is 0.0822. The maximum absolute atomic E-state index is 11.2. The Bertz CT molecular complexity index is 577. The predicted octanol–water partition coefficient (Wildman–Crippen LogP) is 0.471. The van der Waals surface area contributed by atoms with Gasteiger partial charge in [-0.05, 0) is 25.0 Å². The molecule has 1 saturated heterocycles. The largest absolute Gasteiger partial charge is 0.355 e. The summed E-state index contributed by atoms with van der Waals surface area (Å²) in [6, 6.07) is 5.45. The Morgan fingerprint density at radius 2 is 2.32 bits per heavy atom. The summed E-state index contributed by atoms with van der Waals surface area (Å²) in [5.41, 5.74) is 0.520. The van der Waals surface area contributed by atoms with Gasteiger partial charge in [-0.3, -0.25) is 0 Å². The van der Waals surface area contributed by atoms with Gasteiger partial charge < -0.3 is 4.90 Å². The topological polar surface area (TPSA) is 86.1 Å². The molecule has 0 saturated carbocycles. The number of sulfonamides is 1. The molecule has 1 N–H and O–H groups in total. The van der Waals surface area contributed by atoms with Gasteiger partial charge in [-0.25, -0.2) is 18.1 Å². The summed E-state index contributed by atoms with van der Waals surface area (Å²) in [6.07, 6.45) is 4.45. The molecule has 0 radical (unpaired) electrons. The number of nitrogens with zero attached hydrogens (tertiary/aromatic N) is 3. The molecule has 0 unspecified atom stereocenters. The Morgan fingerprint density at radius 1 is 1.53 bits per heavy atom. The first-order chi connectivity index (χ1) is 8.98. The highest BCUT2D eigenvalue weighted by Crippen LogP contribution is 2.18. The first-order valence-electron chi connectivity index (χ1n) is 6.06. The van der Waals surface area contributed by atoms with Crippen LogP contribution in [0.1, 0.15) is 18.4 Å². The summed E-state index contributed by atoms with van der Waals surface area (Å²) < 4.78 is 25.1. The molecule has 1 atom stereocenters. The van der Waals surface area contributed by atoms with E-state index in [2.05, 4.69) is 9.71 Å². The van der Waals surface area contributed by atoms with E-state index in [1.807, 2.05) is 11.0 Å². The van der Waals surface area contributed by atoms with E-state index in [1.54, 1.807) is 12.1 Å². The quantitative estimate of drug-likeness (QED) is 0.870. The van der Waals surface area contributed by atoms with Gasteiger partial charge in [0.05, 0.1) is 11.8 Å². The van der Waals surface area contributed by atoms with Crippen molar-refractivity contribution < 1.29 is 8.42 Å². The lowest BCUT2D eigenvalue weighted by atomic mass is 10.1. The van der Waals surface area contributed by atoms with Gasteiger partial charge in [0.25, 0.3) is 0 Å². The Hall–Kier alpha value is -1.65. The number of hydrogen-bond donors (Lipinski definition) is 1. The van der Waals surface area contributed by atoms with Gasteiger partial charge in [-0.15, -0.1) is 0 Å². The van der Waals surface area contributed by atoms with Crippen molar-refractivity contribution in [3.05, 3.63) is 23.9 Å². The Kier molecular flexibility index (Phi) is 4.02. The summed E-state index contributed by atoms with van der Waals surface area (Å²) in [5, 5.41) is 8.73. The van der Waals surface area contributed by atoms with Crippen LogP contribution >= 0.6 is 0 Å². The zero-order valence-corrected chi connectivity index (χ0v) is 11.5. The SMILES string of the molecule is CS(=O)(=O)N[C@H]1CCCN(c2ccc(C#N)cn2)C1. The molecule has 0 aromatic carbocycles. The molecule has 1 aromatic rings. The molecule has 6 nitrogen and oxygen atoms in total. The highest BCUT2D eigenvalue weighted by atomic mass is 32.2. The molecule has 0 amide bonds. The average Bonchev–Trinajstić information content (AvgIpc) is 2.37. The van der Waals surface area contributed by atoms with Crippen LogP contribution in [0.2, 0.25) is 0 Å². The van der Waals surface area contributed by atoms with E-state index in [-0.39, 0.29) is 6.04 Å². The summed E-state index contributed by atoms with van der Waals surface area (Å²) in [7, 11) is -3.18. The van der Waals surface area contributed by atoms with E-state index in [0.29, 0.717) is 12.1 Å². The van der Waals surface area contributed by atoms with Crippen LogP contribution in [0.3, 0.4) is 0 Å². The van der Waals surface area contributed by atoms with Crippen LogP contribution in [-0.2, 0) is 10.0 Å². The molecule has 19 heavy (non-hydrogen) atoms. The second kappa shape index (κ2) is 5.55. The molecule has 2 heterocycles. The van der Waals surface area contributed by atoms with Crippen molar-refractivity contribution in [1.29, 1.82) is 5.26 Å². The second-order valence-electron chi connectivity index (χ2n) is 4.69. The fraction of sp³-hybridized carbons (Fsp3) is 0.500. The first-order valence-corrected chi connectivity index (χ1v) is 7.95. The molecule has 0 spiro atoms. The minimum Gasteiger partial charge on any atom is -0.355 e. The molecule has 0 aliphatic carbocycles. The van der Waals surface area contributed by atoms with Crippen LogP contribution < -0.4 is 9.62 Å². The van der Waals surface area contributed by atoms with Crippen LogP contribution in [0.25, 0.3) is 0 Å². The monoisotopic (exact) mass is 280 g/mol. The van der Waals surface area contributed by atoms with Crippen molar-refractivity contribution in [2.24, 2.45) is 0 Å². The number of nitrogens with one attached hydrogen (secondary N) is 1. The van der Waals surface area contributed by atoms with Crippen molar-refractivity contribution in [2.45, 2.75) is 18.9 Å². The van der Waals surface area contributed by atoms with Crippen molar-refractivity contribution in [3.63, 3.8) is 0 Å². The van der Waals surface area contributed by atoms with E-state index in [9.17, 15) is 8.42 Å². The molecule has 102 valence electrons. The minimum atomic E-state index is -3.18.